The van der Waals surface area contributed by atoms with E-state index in [-0.39, 0.29) is 5.91 Å². The quantitative estimate of drug-likeness (QED) is 0.735. The normalized spacial score (nSPS) is 15.6. The summed E-state index contributed by atoms with van der Waals surface area (Å²) >= 11 is 0. The van der Waals surface area contributed by atoms with Crippen molar-refractivity contribution >= 4 is 12.0 Å². The molecule has 1 aliphatic rings. The lowest BCUT2D eigenvalue weighted by Crippen LogP contribution is -2.43. The molecule has 1 saturated heterocycles. The number of aryl methyl sites for hydroxylation is 1. The minimum absolute atomic E-state index is 0.116. The summed E-state index contributed by atoms with van der Waals surface area (Å²) in [5.41, 5.74) is 4.44. The molecular weight excluding hydrogens is 362 g/mol. The van der Waals surface area contributed by atoms with Crippen molar-refractivity contribution < 1.29 is 9.53 Å². The van der Waals surface area contributed by atoms with Crippen molar-refractivity contribution in [3.8, 4) is 5.75 Å². The highest BCUT2D eigenvalue weighted by Gasteiger charge is 2.13. The van der Waals surface area contributed by atoms with Crippen LogP contribution in [0.1, 0.15) is 22.3 Å². The first-order chi connectivity index (χ1) is 14.0. The molecule has 2 aromatic carbocycles. The number of rotatable bonds is 7. The van der Waals surface area contributed by atoms with E-state index in [0.29, 0.717) is 6.54 Å². The van der Waals surface area contributed by atoms with Crippen molar-refractivity contribution in [1.29, 1.82) is 0 Å². The number of benzene rings is 2. The van der Waals surface area contributed by atoms with Crippen molar-refractivity contribution in [2.24, 2.45) is 0 Å². The van der Waals surface area contributed by atoms with Crippen LogP contribution < -0.4 is 10.1 Å². The summed E-state index contributed by atoms with van der Waals surface area (Å²) in [6, 6.07) is 14.4. The fourth-order valence-electron chi connectivity index (χ4n) is 3.42. The zero-order chi connectivity index (χ0) is 20.6. The van der Waals surface area contributed by atoms with Crippen LogP contribution in [-0.4, -0.2) is 56.0 Å². The molecule has 0 saturated carbocycles. The Hall–Kier alpha value is -2.63. The van der Waals surface area contributed by atoms with Gasteiger partial charge in [0.2, 0.25) is 5.91 Å². The van der Waals surface area contributed by atoms with Crippen LogP contribution >= 0.6 is 0 Å². The SMILES string of the molecule is COc1ccc(C)cc1/C=C/C(=O)NCc1ccc(CN2CCN(C)CC2)cc1. The average Bonchev–Trinajstić information content (AvgIpc) is 2.73. The van der Waals surface area contributed by atoms with Gasteiger partial charge in [-0.25, -0.2) is 0 Å². The van der Waals surface area contributed by atoms with Crippen molar-refractivity contribution in [3.63, 3.8) is 0 Å². The fraction of sp³-hybridized carbons (Fsp3) is 0.375. The van der Waals surface area contributed by atoms with Crippen LogP contribution in [0.15, 0.2) is 48.5 Å². The number of ether oxygens (including phenoxy) is 1. The molecule has 3 rings (SSSR count). The van der Waals surface area contributed by atoms with E-state index >= 15 is 0 Å². The molecule has 154 valence electrons. The minimum Gasteiger partial charge on any atom is -0.496 e. The first-order valence-electron chi connectivity index (χ1n) is 10.1. The molecule has 0 atom stereocenters. The number of hydrogen-bond donors (Lipinski definition) is 1. The first-order valence-corrected chi connectivity index (χ1v) is 10.1. The van der Waals surface area contributed by atoms with Gasteiger partial charge < -0.3 is 15.0 Å². The maximum absolute atomic E-state index is 12.2. The van der Waals surface area contributed by atoms with Crippen LogP contribution in [0, 0.1) is 6.92 Å². The predicted octanol–water partition coefficient (Wildman–Crippen LogP) is 3.08. The van der Waals surface area contributed by atoms with Gasteiger partial charge in [-0.15, -0.1) is 0 Å². The molecular formula is C24H31N3O2. The Bertz CT molecular complexity index is 838. The van der Waals surface area contributed by atoms with Crippen molar-refractivity contribution in [2.75, 3.05) is 40.3 Å². The number of carbonyl (C=O) groups excluding carboxylic acids is 1. The minimum atomic E-state index is -0.116. The standard InChI is InChI=1S/C24H31N3O2/c1-19-4-10-23(29-3)22(16-19)9-11-24(28)25-17-20-5-7-21(8-6-20)18-27-14-12-26(2)13-15-27/h4-11,16H,12-15,17-18H2,1-3H3,(H,25,28)/b11-9+. The lowest BCUT2D eigenvalue weighted by Gasteiger charge is -2.32. The molecule has 0 spiro atoms. The molecule has 0 aliphatic carbocycles. The number of likely N-dealkylation sites (N-methyl/N-ethyl adjacent to an activating group) is 1. The number of amides is 1. The largest absolute Gasteiger partial charge is 0.496 e. The summed E-state index contributed by atoms with van der Waals surface area (Å²) < 4.78 is 5.34. The molecule has 1 heterocycles. The van der Waals surface area contributed by atoms with Crippen LogP contribution in [0.3, 0.4) is 0 Å². The highest BCUT2D eigenvalue weighted by Crippen LogP contribution is 2.20. The number of piperazine rings is 1. The molecule has 0 aromatic heterocycles. The van der Waals surface area contributed by atoms with E-state index in [0.717, 1.165) is 55.2 Å². The second kappa shape index (κ2) is 10.2. The van der Waals surface area contributed by atoms with E-state index in [2.05, 4.69) is 46.4 Å². The molecule has 5 nitrogen and oxygen atoms in total. The Balaban J connectivity index is 1.48. The number of carbonyl (C=O) groups is 1. The molecule has 5 heteroatoms. The third kappa shape index (κ3) is 6.44. The lowest BCUT2D eigenvalue weighted by atomic mass is 10.1. The summed E-state index contributed by atoms with van der Waals surface area (Å²) in [6.45, 7) is 8.02. The molecule has 1 fully saturated rings. The summed E-state index contributed by atoms with van der Waals surface area (Å²) in [4.78, 5) is 17.0. The number of hydrogen-bond acceptors (Lipinski definition) is 4. The van der Waals surface area contributed by atoms with Gasteiger partial charge in [0, 0.05) is 50.9 Å². The van der Waals surface area contributed by atoms with Crippen LogP contribution in [0.4, 0.5) is 0 Å². The third-order valence-electron chi connectivity index (χ3n) is 5.29. The van der Waals surface area contributed by atoms with Gasteiger partial charge in [-0.1, -0.05) is 35.9 Å². The molecule has 29 heavy (non-hydrogen) atoms. The summed E-state index contributed by atoms with van der Waals surface area (Å²) in [5, 5.41) is 2.94. The second-order valence-corrected chi connectivity index (χ2v) is 7.69. The Morgan fingerprint density at radius 3 is 2.45 bits per heavy atom. The van der Waals surface area contributed by atoms with Crippen molar-refractivity contribution in [2.45, 2.75) is 20.0 Å². The Morgan fingerprint density at radius 1 is 1.07 bits per heavy atom. The van der Waals surface area contributed by atoms with Gasteiger partial charge in [0.15, 0.2) is 0 Å². The topological polar surface area (TPSA) is 44.8 Å². The number of methoxy groups -OCH3 is 1. The summed E-state index contributed by atoms with van der Waals surface area (Å²) in [7, 11) is 3.81. The Morgan fingerprint density at radius 2 is 1.76 bits per heavy atom. The van der Waals surface area contributed by atoms with Gasteiger partial charge in [0.1, 0.15) is 5.75 Å². The van der Waals surface area contributed by atoms with Gasteiger partial charge in [0.05, 0.1) is 7.11 Å². The maximum Gasteiger partial charge on any atom is 0.244 e. The lowest BCUT2D eigenvalue weighted by molar-refractivity contribution is -0.116. The number of nitrogens with zero attached hydrogens (tertiary/aromatic N) is 2. The number of nitrogens with one attached hydrogen (secondary N) is 1. The predicted molar refractivity (Wildman–Crippen MR) is 118 cm³/mol. The summed E-state index contributed by atoms with van der Waals surface area (Å²) in [6.07, 6.45) is 3.35. The second-order valence-electron chi connectivity index (χ2n) is 7.69. The Labute approximate surface area is 174 Å². The Kier molecular flexibility index (Phi) is 7.44. The highest BCUT2D eigenvalue weighted by atomic mass is 16.5. The van der Waals surface area contributed by atoms with Crippen molar-refractivity contribution in [3.05, 3.63) is 70.8 Å². The van der Waals surface area contributed by atoms with Crippen LogP contribution in [0.2, 0.25) is 0 Å². The van der Waals surface area contributed by atoms with Crippen molar-refractivity contribution in [1.82, 2.24) is 15.1 Å². The monoisotopic (exact) mass is 393 g/mol. The van der Waals surface area contributed by atoms with E-state index in [9.17, 15) is 4.79 Å². The van der Waals surface area contributed by atoms with Gasteiger partial charge in [0.25, 0.3) is 0 Å². The average molecular weight is 394 g/mol. The third-order valence-corrected chi connectivity index (χ3v) is 5.29. The zero-order valence-electron chi connectivity index (χ0n) is 17.6. The van der Waals surface area contributed by atoms with E-state index in [1.165, 1.54) is 5.56 Å². The highest BCUT2D eigenvalue weighted by molar-refractivity contribution is 5.92. The molecule has 1 amide bonds. The van der Waals surface area contributed by atoms with E-state index in [1.54, 1.807) is 19.3 Å². The molecule has 0 unspecified atom stereocenters. The molecule has 1 aliphatic heterocycles. The maximum atomic E-state index is 12.2. The van der Waals surface area contributed by atoms with Crippen LogP contribution in [0.5, 0.6) is 5.75 Å². The summed E-state index contributed by atoms with van der Waals surface area (Å²) in [5.74, 6) is 0.644. The van der Waals surface area contributed by atoms with Gasteiger partial charge in [-0.3, -0.25) is 9.69 Å². The first kappa shape index (κ1) is 21.1. The molecule has 0 bridgehead atoms. The fourth-order valence-corrected chi connectivity index (χ4v) is 3.42. The van der Waals surface area contributed by atoms with Gasteiger partial charge in [-0.05, 0) is 43.3 Å². The van der Waals surface area contributed by atoms with Crippen LogP contribution in [0.25, 0.3) is 6.08 Å². The molecule has 0 radical (unpaired) electrons. The van der Waals surface area contributed by atoms with E-state index in [1.807, 2.05) is 25.1 Å². The van der Waals surface area contributed by atoms with Crippen LogP contribution in [-0.2, 0) is 17.9 Å². The zero-order valence-corrected chi connectivity index (χ0v) is 17.6. The smallest absolute Gasteiger partial charge is 0.244 e. The molecule has 2 aromatic rings. The van der Waals surface area contributed by atoms with E-state index < -0.39 is 0 Å². The molecule has 1 N–H and O–H groups in total. The van der Waals surface area contributed by atoms with E-state index in [4.69, 9.17) is 4.74 Å². The van der Waals surface area contributed by atoms with Gasteiger partial charge in [-0.2, -0.15) is 0 Å². The van der Waals surface area contributed by atoms with Gasteiger partial charge >= 0.3 is 0 Å².